The van der Waals surface area contributed by atoms with Gasteiger partial charge in [-0.25, -0.2) is 4.98 Å². The van der Waals surface area contributed by atoms with E-state index >= 15 is 0 Å². The second-order valence-electron chi connectivity index (χ2n) is 6.97. The van der Waals surface area contributed by atoms with Crippen LogP contribution in [0.15, 0.2) is 78.1 Å². The summed E-state index contributed by atoms with van der Waals surface area (Å²) in [4.78, 5) is 17.2. The van der Waals surface area contributed by atoms with E-state index in [-0.39, 0.29) is 28.6 Å². The van der Waals surface area contributed by atoms with Crippen LogP contribution in [0.3, 0.4) is 0 Å². The number of aromatic nitrogens is 2. The summed E-state index contributed by atoms with van der Waals surface area (Å²) in [7, 11) is 0. The lowest BCUT2D eigenvalue weighted by atomic mass is 10.1. The number of benzene rings is 3. The number of hydrogen-bond donors (Lipinski definition) is 2. The summed E-state index contributed by atoms with van der Waals surface area (Å²) in [6.07, 6.45) is 1.78. The van der Waals surface area contributed by atoms with E-state index in [9.17, 15) is 15.0 Å². The molecule has 7 heteroatoms. The largest absolute Gasteiger partial charge is 0.508 e. The topological polar surface area (TPSA) is 75.4 Å². The van der Waals surface area contributed by atoms with Crippen LogP contribution >= 0.6 is 23.4 Å². The van der Waals surface area contributed by atoms with Crippen LogP contribution in [0.5, 0.6) is 11.5 Å². The van der Waals surface area contributed by atoms with Crippen molar-refractivity contribution in [3.63, 3.8) is 0 Å². The Morgan fingerprint density at radius 2 is 1.81 bits per heavy atom. The van der Waals surface area contributed by atoms with Crippen molar-refractivity contribution in [1.29, 1.82) is 0 Å². The first-order valence-electron chi connectivity index (χ1n) is 9.51. The zero-order valence-electron chi connectivity index (χ0n) is 16.6. The molecule has 4 rings (SSSR count). The SMILES string of the molecule is Cc1ccccc1-n1c(-c2ccc(Cl)cc2)cnc1SCC(=O)c1ccc(O)cc1O. The number of imidazole rings is 1. The van der Waals surface area contributed by atoms with Crippen molar-refractivity contribution in [3.8, 4) is 28.4 Å². The standard InChI is InChI=1S/C24H19ClN2O3S/c1-15-4-2-3-5-20(15)27-21(16-6-8-17(25)9-7-16)13-26-24(27)31-14-23(30)19-11-10-18(28)12-22(19)29/h2-13,28-29H,14H2,1H3. The van der Waals surface area contributed by atoms with E-state index in [4.69, 9.17) is 11.6 Å². The van der Waals surface area contributed by atoms with Gasteiger partial charge >= 0.3 is 0 Å². The molecular weight excluding hydrogens is 432 g/mol. The van der Waals surface area contributed by atoms with Crippen molar-refractivity contribution in [2.75, 3.05) is 5.75 Å². The molecule has 31 heavy (non-hydrogen) atoms. The molecule has 0 radical (unpaired) electrons. The second-order valence-corrected chi connectivity index (χ2v) is 8.35. The molecule has 0 unspecified atom stereocenters. The number of aromatic hydroxyl groups is 2. The Morgan fingerprint density at radius 3 is 2.52 bits per heavy atom. The van der Waals surface area contributed by atoms with E-state index < -0.39 is 0 Å². The zero-order valence-corrected chi connectivity index (χ0v) is 18.2. The number of halogens is 1. The first-order valence-corrected chi connectivity index (χ1v) is 10.9. The summed E-state index contributed by atoms with van der Waals surface area (Å²) in [5.74, 6) is -0.504. The van der Waals surface area contributed by atoms with Gasteiger partial charge in [0.1, 0.15) is 11.5 Å². The number of phenols is 2. The molecule has 0 saturated heterocycles. The second kappa shape index (κ2) is 8.88. The van der Waals surface area contributed by atoms with Crippen molar-refractivity contribution < 1.29 is 15.0 Å². The minimum absolute atomic E-state index is 0.0846. The molecule has 1 aromatic heterocycles. The molecule has 0 spiro atoms. The van der Waals surface area contributed by atoms with Crippen molar-refractivity contribution in [1.82, 2.24) is 9.55 Å². The summed E-state index contributed by atoms with van der Waals surface area (Å²) in [5.41, 5.74) is 4.03. The zero-order chi connectivity index (χ0) is 22.0. The highest BCUT2D eigenvalue weighted by atomic mass is 35.5. The maximum absolute atomic E-state index is 12.7. The van der Waals surface area contributed by atoms with Gasteiger partial charge in [-0.2, -0.15) is 0 Å². The summed E-state index contributed by atoms with van der Waals surface area (Å²) >= 11 is 7.34. The molecule has 2 N–H and O–H groups in total. The van der Waals surface area contributed by atoms with Gasteiger partial charge in [-0.3, -0.25) is 9.36 Å². The van der Waals surface area contributed by atoms with Gasteiger partial charge in [0.25, 0.3) is 0 Å². The summed E-state index contributed by atoms with van der Waals surface area (Å²) < 4.78 is 2.02. The average molecular weight is 451 g/mol. The highest BCUT2D eigenvalue weighted by Gasteiger charge is 2.18. The molecule has 0 atom stereocenters. The third-order valence-electron chi connectivity index (χ3n) is 4.84. The summed E-state index contributed by atoms with van der Waals surface area (Å²) in [5, 5.41) is 20.7. The molecule has 0 aliphatic rings. The van der Waals surface area contributed by atoms with Gasteiger partial charge in [0.05, 0.1) is 28.9 Å². The van der Waals surface area contributed by atoms with Crippen LogP contribution in [0, 0.1) is 6.92 Å². The van der Waals surface area contributed by atoms with Gasteiger partial charge in [-0.05, 0) is 42.8 Å². The molecule has 0 fully saturated rings. The van der Waals surface area contributed by atoms with E-state index in [2.05, 4.69) is 4.98 Å². The lowest BCUT2D eigenvalue weighted by Crippen LogP contribution is -2.06. The number of Topliss-reactive ketones (excluding diaryl/α,β-unsaturated/α-hetero) is 1. The number of ketones is 1. The Hall–Kier alpha value is -3.22. The third-order valence-corrected chi connectivity index (χ3v) is 6.04. The first-order chi connectivity index (χ1) is 14.9. The van der Waals surface area contributed by atoms with Gasteiger partial charge in [0.15, 0.2) is 10.9 Å². The summed E-state index contributed by atoms with van der Waals surface area (Å²) in [6, 6.07) is 19.4. The smallest absolute Gasteiger partial charge is 0.176 e. The molecule has 3 aromatic carbocycles. The Kier molecular flexibility index (Phi) is 6.02. The fraction of sp³-hybridized carbons (Fsp3) is 0.0833. The lowest BCUT2D eigenvalue weighted by molar-refractivity contribution is 0.102. The first kappa shape index (κ1) is 21.0. The number of rotatable bonds is 6. The Bertz CT molecular complexity index is 1250. The van der Waals surface area contributed by atoms with Gasteiger partial charge in [-0.15, -0.1) is 0 Å². The van der Waals surface area contributed by atoms with Crippen LogP contribution in [-0.4, -0.2) is 31.3 Å². The van der Waals surface area contributed by atoms with E-state index in [1.165, 1.54) is 23.9 Å². The molecule has 0 aliphatic carbocycles. The molecule has 5 nitrogen and oxygen atoms in total. The Morgan fingerprint density at radius 1 is 1.06 bits per heavy atom. The maximum atomic E-state index is 12.7. The highest BCUT2D eigenvalue weighted by Crippen LogP contribution is 2.32. The quantitative estimate of drug-likeness (QED) is 0.283. The minimum Gasteiger partial charge on any atom is -0.508 e. The third kappa shape index (κ3) is 4.45. The molecule has 0 bridgehead atoms. The van der Waals surface area contributed by atoms with Gasteiger partial charge < -0.3 is 10.2 Å². The predicted molar refractivity (Wildman–Crippen MR) is 124 cm³/mol. The molecule has 156 valence electrons. The van der Waals surface area contributed by atoms with Crippen molar-refractivity contribution in [2.45, 2.75) is 12.1 Å². The number of hydrogen-bond acceptors (Lipinski definition) is 5. The molecule has 1 heterocycles. The van der Waals surface area contributed by atoms with Gasteiger partial charge in [-0.1, -0.05) is 53.7 Å². The van der Waals surface area contributed by atoms with Crippen molar-refractivity contribution in [3.05, 3.63) is 89.1 Å². The van der Waals surface area contributed by atoms with Crippen LogP contribution in [0.2, 0.25) is 5.02 Å². The number of carbonyl (C=O) groups is 1. The molecule has 0 aliphatic heterocycles. The number of nitrogens with zero attached hydrogens (tertiary/aromatic N) is 2. The predicted octanol–water partition coefficient (Wildman–Crippen LogP) is 5.89. The Balaban J connectivity index is 1.70. The highest BCUT2D eigenvalue weighted by molar-refractivity contribution is 7.99. The summed E-state index contributed by atoms with van der Waals surface area (Å²) in [6.45, 7) is 2.02. The molecular formula is C24H19ClN2O3S. The number of para-hydroxylation sites is 1. The van der Waals surface area contributed by atoms with Gasteiger partial charge in [0, 0.05) is 16.7 Å². The normalized spacial score (nSPS) is 10.9. The van der Waals surface area contributed by atoms with E-state index in [1.807, 2.05) is 60.0 Å². The van der Waals surface area contributed by atoms with E-state index in [1.54, 1.807) is 6.20 Å². The van der Waals surface area contributed by atoms with Crippen LogP contribution < -0.4 is 0 Å². The fourth-order valence-corrected chi connectivity index (χ4v) is 4.27. The fourth-order valence-electron chi connectivity index (χ4n) is 3.27. The maximum Gasteiger partial charge on any atom is 0.176 e. The van der Waals surface area contributed by atoms with Crippen molar-refractivity contribution >= 4 is 29.1 Å². The number of thioether (sulfide) groups is 1. The minimum atomic E-state index is -0.255. The van der Waals surface area contributed by atoms with Crippen LogP contribution in [0.1, 0.15) is 15.9 Å². The van der Waals surface area contributed by atoms with Crippen LogP contribution in [-0.2, 0) is 0 Å². The van der Waals surface area contributed by atoms with Crippen LogP contribution in [0.4, 0.5) is 0 Å². The number of phenolic OH excluding ortho intramolecular Hbond substituents is 2. The van der Waals surface area contributed by atoms with E-state index in [0.717, 1.165) is 28.6 Å². The van der Waals surface area contributed by atoms with Crippen molar-refractivity contribution in [2.24, 2.45) is 0 Å². The monoisotopic (exact) mass is 450 g/mol. The number of aryl methyl sites for hydroxylation is 1. The molecule has 4 aromatic rings. The average Bonchev–Trinajstić information content (AvgIpc) is 3.16. The van der Waals surface area contributed by atoms with E-state index in [0.29, 0.717) is 10.2 Å². The van der Waals surface area contributed by atoms with Crippen LogP contribution in [0.25, 0.3) is 16.9 Å². The molecule has 0 amide bonds. The van der Waals surface area contributed by atoms with Gasteiger partial charge in [0.2, 0.25) is 0 Å². The Labute approximate surface area is 189 Å². The number of carbonyl (C=O) groups excluding carboxylic acids is 1. The lowest BCUT2D eigenvalue weighted by Gasteiger charge is -2.14. The molecule has 0 saturated carbocycles.